The van der Waals surface area contributed by atoms with E-state index in [2.05, 4.69) is 10.3 Å². The molecular formula is C13H19N3O2. The fraction of sp³-hybridized carbons (Fsp3) is 0.538. The van der Waals surface area contributed by atoms with Gasteiger partial charge in [-0.3, -0.25) is 9.78 Å². The summed E-state index contributed by atoms with van der Waals surface area (Å²) in [4.78, 5) is 14.9. The molecule has 2 rings (SSSR count). The van der Waals surface area contributed by atoms with Crippen molar-refractivity contribution in [2.24, 2.45) is 5.73 Å². The van der Waals surface area contributed by atoms with Gasteiger partial charge in [0, 0.05) is 25.0 Å². The Balaban J connectivity index is 1.78. The van der Waals surface area contributed by atoms with Crippen LogP contribution in [0, 0.1) is 0 Å². The first-order chi connectivity index (χ1) is 8.75. The minimum atomic E-state index is -0.505. The Kier molecular flexibility index (Phi) is 4.52. The van der Waals surface area contributed by atoms with Gasteiger partial charge in [-0.1, -0.05) is 0 Å². The number of hydrogen-bond acceptors (Lipinski definition) is 4. The molecule has 1 fully saturated rings. The normalized spacial score (nSPS) is 19.4. The van der Waals surface area contributed by atoms with E-state index in [1.54, 1.807) is 12.3 Å². The molecule has 1 amide bonds. The van der Waals surface area contributed by atoms with Crippen LogP contribution in [-0.2, 0) is 4.74 Å². The Hall–Kier alpha value is -1.62. The van der Waals surface area contributed by atoms with E-state index in [4.69, 9.17) is 10.5 Å². The number of nitrogens with zero attached hydrogens (tertiary/aromatic N) is 1. The highest BCUT2D eigenvalue weighted by atomic mass is 16.5. The number of rotatable bonds is 5. The molecule has 1 unspecified atom stereocenters. The second-order valence-corrected chi connectivity index (χ2v) is 4.50. The fourth-order valence-corrected chi connectivity index (χ4v) is 2.09. The van der Waals surface area contributed by atoms with Gasteiger partial charge in [0.25, 0.3) is 5.91 Å². The molecule has 0 saturated carbocycles. The molecule has 1 aromatic rings. The molecule has 18 heavy (non-hydrogen) atoms. The predicted molar refractivity (Wildman–Crippen MR) is 69.5 cm³/mol. The van der Waals surface area contributed by atoms with Crippen LogP contribution in [0.25, 0.3) is 0 Å². The van der Waals surface area contributed by atoms with Gasteiger partial charge in [0.15, 0.2) is 0 Å². The van der Waals surface area contributed by atoms with Crippen molar-refractivity contribution in [3.05, 3.63) is 24.0 Å². The van der Waals surface area contributed by atoms with Crippen molar-refractivity contribution in [2.75, 3.05) is 18.5 Å². The molecule has 0 aliphatic carbocycles. The van der Waals surface area contributed by atoms with Gasteiger partial charge in [-0.05, 0) is 37.8 Å². The lowest BCUT2D eigenvalue weighted by Crippen LogP contribution is -2.22. The number of aromatic nitrogens is 1. The smallest absolute Gasteiger partial charge is 0.267 e. The first-order valence-corrected chi connectivity index (χ1v) is 6.37. The van der Waals surface area contributed by atoms with Gasteiger partial charge >= 0.3 is 0 Å². The molecule has 5 nitrogen and oxygen atoms in total. The standard InChI is InChI=1S/C13H19N3O2/c14-13(17)12-9-10(4-6-16-12)15-7-5-11-3-1-2-8-18-11/h4,6,9,11H,1-3,5,7-8H2,(H2,14,17)(H,15,16). The van der Waals surface area contributed by atoms with Gasteiger partial charge in [0.1, 0.15) is 5.69 Å². The molecule has 0 aromatic carbocycles. The van der Waals surface area contributed by atoms with Crippen molar-refractivity contribution in [2.45, 2.75) is 31.8 Å². The van der Waals surface area contributed by atoms with Gasteiger partial charge in [-0.15, -0.1) is 0 Å². The van der Waals surface area contributed by atoms with E-state index in [0.29, 0.717) is 6.10 Å². The first-order valence-electron chi connectivity index (χ1n) is 6.37. The monoisotopic (exact) mass is 249 g/mol. The van der Waals surface area contributed by atoms with Crippen molar-refractivity contribution in [3.8, 4) is 0 Å². The third-order valence-electron chi connectivity index (χ3n) is 3.08. The van der Waals surface area contributed by atoms with Crippen LogP contribution >= 0.6 is 0 Å². The minimum absolute atomic E-state index is 0.286. The predicted octanol–water partition coefficient (Wildman–Crippen LogP) is 1.55. The van der Waals surface area contributed by atoms with Crippen LogP contribution in [0.5, 0.6) is 0 Å². The van der Waals surface area contributed by atoms with Gasteiger partial charge in [-0.2, -0.15) is 0 Å². The summed E-state index contributed by atoms with van der Waals surface area (Å²) in [6, 6.07) is 3.50. The molecule has 3 N–H and O–H groups in total. The molecule has 1 aromatic heterocycles. The molecular weight excluding hydrogens is 230 g/mol. The van der Waals surface area contributed by atoms with Crippen LogP contribution in [0.4, 0.5) is 5.69 Å². The summed E-state index contributed by atoms with van der Waals surface area (Å²) < 4.78 is 5.65. The van der Waals surface area contributed by atoms with Gasteiger partial charge < -0.3 is 15.8 Å². The number of nitrogens with two attached hydrogens (primary N) is 1. The summed E-state index contributed by atoms with van der Waals surface area (Å²) in [5, 5.41) is 3.26. The molecule has 98 valence electrons. The molecule has 1 aliphatic heterocycles. The Morgan fingerprint density at radius 2 is 2.44 bits per heavy atom. The third-order valence-corrected chi connectivity index (χ3v) is 3.08. The lowest BCUT2D eigenvalue weighted by molar-refractivity contribution is 0.0134. The highest BCUT2D eigenvalue weighted by Crippen LogP contribution is 2.16. The Labute approximate surface area is 107 Å². The SMILES string of the molecule is NC(=O)c1cc(NCCC2CCCCO2)ccn1. The van der Waals surface area contributed by atoms with E-state index < -0.39 is 5.91 Å². The number of pyridine rings is 1. The maximum Gasteiger partial charge on any atom is 0.267 e. The fourth-order valence-electron chi connectivity index (χ4n) is 2.09. The molecule has 1 atom stereocenters. The number of carbonyl (C=O) groups excluding carboxylic acids is 1. The molecule has 0 spiro atoms. The maximum atomic E-state index is 11.0. The second kappa shape index (κ2) is 6.35. The van der Waals surface area contributed by atoms with Crippen LogP contribution in [-0.4, -0.2) is 30.1 Å². The number of carbonyl (C=O) groups is 1. The number of nitrogens with one attached hydrogen (secondary N) is 1. The number of anilines is 1. The highest BCUT2D eigenvalue weighted by molar-refractivity contribution is 5.91. The van der Waals surface area contributed by atoms with Crippen LogP contribution in [0.1, 0.15) is 36.2 Å². The zero-order chi connectivity index (χ0) is 12.8. The summed E-state index contributed by atoms with van der Waals surface area (Å²) in [6.45, 7) is 1.71. The van der Waals surface area contributed by atoms with E-state index in [9.17, 15) is 4.79 Å². The van der Waals surface area contributed by atoms with Crippen LogP contribution < -0.4 is 11.1 Å². The topological polar surface area (TPSA) is 77.2 Å². The molecule has 1 aliphatic rings. The van der Waals surface area contributed by atoms with E-state index in [-0.39, 0.29) is 5.69 Å². The van der Waals surface area contributed by atoms with Crippen LogP contribution in [0.15, 0.2) is 18.3 Å². The van der Waals surface area contributed by atoms with Crippen molar-refractivity contribution in [1.82, 2.24) is 4.98 Å². The average Bonchev–Trinajstić information content (AvgIpc) is 2.40. The second-order valence-electron chi connectivity index (χ2n) is 4.50. The van der Waals surface area contributed by atoms with Crippen LogP contribution in [0.3, 0.4) is 0 Å². The maximum absolute atomic E-state index is 11.0. The average molecular weight is 249 g/mol. The lowest BCUT2D eigenvalue weighted by atomic mass is 10.1. The van der Waals surface area contributed by atoms with Gasteiger partial charge in [0.2, 0.25) is 0 Å². The van der Waals surface area contributed by atoms with Crippen molar-refractivity contribution < 1.29 is 9.53 Å². The molecule has 0 bridgehead atoms. The lowest BCUT2D eigenvalue weighted by Gasteiger charge is -2.22. The zero-order valence-electron chi connectivity index (χ0n) is 10.4. The summed E-state index contributed by atoms with van der Waals surface area (Å²) in [5.74, 6) is -0.505. The molecule has 5 heteroatoms. The van der Waals surface area contributed by atoms with Gasteiger partial charge in [-0.25, -0.2) is 0 Å². The largest absolute Gasteiger partial charge is 0.385 e. The quantitative estimate of drug-likeness (QED) is 0.830. The van der Waals surface area contributed by atoms with E-state index in [1.165, 1.54) is 12.8 Å². The highest BCUT2D eigenvalue weighted by Gasteiger charge is 2.13. The van der Waals surface area contributed by atoms with Crippen molar-refractivity contribution in [3.63, 3.8) is 0 Å². The van der Waals surface area contributed by atoms with Gasteiger partial charge in [0.05, 0.1) is 6.10 Å². The number of primary amides is 1. The summed E-state index contributed by atoms with van der Waals surface area (Å²) >= 11 is 0. The summed E-state index contributed by atoms with van der Waals surface area (Å²) in [6.07, 6.45) is 6.50. The van der Waals surface area contributed by atoms with Crippen molar-refractivity contribution >= 4 is 11.6 Å². The molecule has 1 saturated heterocycles. The zero-order valence-corrected chi connectivity index (χ0v) is 10.4. The number of amides is 1. The molecule has 0 radical (unpaired) electrons. The number of ether oxygens (including phenoxy) is 1. The molecule has 2 heterocycles. The third kappa shape index (κ3) is 3.70. The Morgan fingerprint density at radius 1 is 1.56 bits per heavy atom. The minimum Gasteiger partial charge on any atom is -0.385 e. The number of hydrogen-bond donors (Lipinski definition) is 2. The Bertz CT molecular complexity index is 403. The summed E-state index contributed by atoms with van der Waals surface area (Å²) in [5.41, 5.74) is 6.34. The van der Waals surface area contributed by atoms with Crippen molar-refractivity contribution in [1.29, 1.82) is 0 Å². The van der Waals surface area contributed by atoms with Crippen LogP contribution in [0.2, 0.25) is 0 Å². The van der Waals surface area contributed by atoms with E-state index >= 15 is 0 Å². The van der Waals surface area contributed by atoms with E-state index in [0.717, 1.165) is 31.7 Å². The van der Waals surface area contributed by atoms with E-state index in [1.807, 2.05) is 6.07 Å². The first kappa shape index (κ1) is 12.8. The summed E-state index contributed by atoms with van der Waals surface area (Å²) in [7, 11) is 0. The Morgan fingerprint density at radius 3 is 3.17 bits per heavy atom.